The Morgan fingerprint density at radius 3 is 2.44 bits per heavy atom. The van der Waals surface area contributed by atoms with Gasteiger partial charge in [-0.3, -0.25) is 14.9 Å². The number of nitrogens with one attached hydrogen (secondary N) is 1. The molecule has 0 aliphatic carbocycles. The molecule has 0 saturated carbocycles. The maximum absolute atomic E-state index is 12.8. The van der Waals surface area contributed by atoms with E-state index in [-0.39, 0.29) is 39.2 Å². The number of carbonyl (C=O) groups is 2. The number of esters is 1. The van der Waals surface area contributed by atoms with E-state index in [1.165, 1.54) is 30.3 Å². The molecule has 0 unspecified atom stereocenters. The summed E-state index contributed by atoms with van der Waals surface area (Å²) in [6, 6.07) is 16.0. The molecule has 0 radical (unpaired) electrons. The summed E-state index contributed by atoms with van der Waals surface area (Å²) >= 11 is 12.0. The van der Waals surface area contributed by atoms with Gasteiger partial charge in [-0.05, 0) is 36.2 Å². The molecule has 0 aromatic heterocycles. The fourth-order valence-electron chi connectivity index (χ4n) is 2.81. The summed E-state index contributed by atoms with van der Waals surface area (Å²) in [5, 5.41) is 13.6. The largest absolute Gasteiger partial charge is 0.425 e. The highest BCUT2D eigenvalue weighted by Crippen LogP contribution is 2.29. The topological polar surface area (TPSA) is 125 Å². The van der Waals surface area contributed by atoms with Crippen LogP contribution in [-0.2, 0) is 11.2 Å². The normalized spacial score (nSPS) is 11.5. The summed E-state index contributed by atoms with van der Waals surface area (Å²) < 4.78 is 5.37. The van der Waals surface area contributed by atoms with Crippen LogP contribution in [0, 0.1) is 10.1 Å². The first-order valence-corrected chi connectivity index (χ1v) is 10.1. The standard InChI is InChI=1S/C22H17Cl2N3O5/c23-14-6-9-20(32-22(29)18(25)10-13-4-2-1-3-5-13)16(11-14)21(28)26-19-8-7-15(27(30)31)12-17(19)24/h1-9,11-12,18H,10,25H2,(H,26,28)/t18-/m0/s1. The van der Waals surface area contributed by atoms with Gasteiger partial charge in [-0.25, -0.2) is 4.79 Å². The zero-order valence-electron chi connectivity index (χ0n) is 16.5. The number of nitro benzene ring substituents is 1. The van der Waals surface area contributed by atoms with Crippen molar-refractivity contribution >= 4 is 46.5 Å². The van der Waals surface area contributed by atoms with Crippen LogP contribution in [0.25, 0.3) is 0 Å². The Morgan fingerprint density at radius 2 is 1.78 bits per heavy atom. The molecule has 32 heavy (non-hydrogen) atoms. The molecule has 0 heterocycles. The van der Waals surface area contributed by atoms with Crippen molar-refractivity contribution < 1.29 is 19.2 Å². The summed E-state index contributed by atoms with van der Waals surface area (Å²) in [6.45, 7) is 0. The number of nitrogens with two attached hydrogens (primary N) is 1. The van der Waals surface area contributed by atoms with Gasteiger partial charge >= 0.3 is 5.97 Å². The first-order chi connectivity index (χ1) is 15.2. The molecular weight excluding hydrogens is 457 g/mol. The third-order valence-electron chi connectivity index (χ3n) is 4.41. The van der Waals surface area contributed by atoms with Crippen LogP contribution < -0.4 is 15.8 Å². The van der Waals surface area contributed by atoms with Gasteiger partial charge in [0.2, 0.25) is 0 Å². The van der Waals surface area contributed by atoms with E-state index in [2.05, 4.69) is 5.32 Å². The van der Waals surface area contributed by atoms with E-state index in [1.807, 2.05) is 30.3 Å². The lowest BCUT2D eigenvalue weighted by Gasteiger charge is -2.15. The number of ether oxygens (including phenoxy) is 1. The number of benzene rings is 3. The minimum Gasteiger partial charge on any atom is -0.425 e. The number of nitro groups is 1. The molecule has 0 aliphatic rings. The summed E-state index contributed by atoms with van der Waals surface area (Å²) in [5.41, 5.74) is 6.70. The van der Waals surface area contributed by atoms with Crippen molar-refractivity contribution in [2.45, 2.75) is 12.5 Å². The van der Waals surface area contributed by atoms with E-state index >= 15 is 0 Å². The van der Waals surface area contributed by atoms with E-state index in [1.54, 1.807) is 0 Å². The predicted octanol–water partition coefficient (Wildman–Crippen LogP) is 4.63. The summed E-state index contributed by atoms with van der Waals surface area (Å²) in [6.07, 6.45) is 0.257. The van der Waals surface area contributed by atoms with Crippen LogP contribution in [0.4, 0.5) is 11.4 Å². The van der Waals surface area contributed by atoms with Gasteiger partial charge < -0.3 is 15.8 Å². The zero-order valence-corrected chi connectivity index (χ0v) is 18.0. The maximum Gasteiger partial charge on any atom is 0.328 e. The van der Waals surface area contributed by atoms with E-state index in [0.717, 1.165) is 11.6 Å². The molecule has 3 aromatic rings. The molecule has 10 heteroatoms. The Bertz CT molecular complexity index is 1170. The predicted molar refractivity (Wildman–Crippen MR) is 121 cm³/mol. The first-order valence-electron chi connectivity index (χ1n) is 9.30. The molecule has 0 spiro atoms. The molecule has 3 aromatic carbocycles. The number of amides is 1. The van der Waals surface area contributed by atoms with Gasteiger partial charge in [0.15, 0.2) is 0 Å². The fourth-order valence-corrected chi connectivity index (χ4v) is 3.21. The molecule has 8 nitrogen and oxygen atoms in total. The van der Waals surface area contributed by atoms with Crippen LogP contribution in [0.15, 0.2) is 66.7 Å². The van der Waals surface area contributed by atoms with Gasteiger partial charge in [0.25, 0.3) is 11.6 Å². The Kier molecular flexibility index (Phi) is 7.42. The van der Waals surface area contributed by atoms with E-state index in [0.29, 0.717) is 0 Å². The van der Waals surface area contributed by atoms with Crippen molar-refractivity contribution in [2.75, 3.05) is 5.32 Å². The molecule has 164 valence electrons. The molecular formula is C22H17Cl2N3O5. The second-order valence-electron chi connectivity index (χ2n) is 6.73. The molecule has 1 amide bonds. The summed E-state index contributed by atoms with van der Waals surface area (Å²) in [7, 11) is 0. The minimum absolute atomic E-state index is 0.0296. The number of carbonyl (C=O) groups excluding carboxylic acids is 2. The number of nitrogens with zero attached hydrogens (tertiary/aromatic N) is 1. The lowest BCUT2D eigenvalue weighted by Crippen LogP contribution is -2.36. The zero-order chi connectivity index (χ0) is 23.3. The van der Waals surface area contributed by atoms with Gasteiger partial charge in [0, 0.05) is 17.2 Å². The maximum atomic E-state index is 12.8. The Morgan fingerprint density at radius 1 is 1.06 bits per heavy atom. The monoisotopic (exact) mass is 473 g/mol. The lowest BCUT2D eigenvalue weighted by atomic mass is 10.1. The average Bonchev–Trinajstić information content (AvgIpc) is 2.76. The number of rotatable bonds is 7. The molecule has 3 rings (SSSR count). The van der Waals surface area contributed by atoms with Crippen molar-refractivity contribution in [3.05, 3.63) is 98.0 Å². The van der Waals surface area contributed by atoms with Crippen molar-refractivity contribution in [2.24, 2.45) is 5.73 Å². The Balaban J connectivity index is 1.77. The van der Waals surface area contributed by atoms with E-state index < -0.39 is 22.8 Å². The molecule has 1 atom stereocenters. The highest BCUT2D eigenvalue weighted by atomic mass is 35.5. The van der Waals surface area contributed by atoms with Crippen LogP contribution in [0.2, 0.25) is 10.0 Å². The number of halogens is 2. The summed E-state index contributed by atoms with van der Waals surface area (Å²) in [5.74, 6) is -1.44. The summed E-state index contributed by atoms with van der Waals surface area (Å²) in [4.78, 5) is 35.6. The van der Waals surface area contributed by atoms with Crippen LogP contribution in [-0.4, -0.2) is 22.8 Å². The smallest absolute Gasteiger partial charge is 0.328 e. The highest BCUT2D eigenvalue weighted by Gasteiger charge is 2.22. The minimum atomic E-state index is -0.951. The van der Waals surface area contributed by atoms with Crippen LogP contribution in [0.5, 0.6) is 5.75 Å². The van der Waals surface area contributed by atoms with Crippen LogP contribution >= 0.6 is 23.2 Å². The second-order valence-corrected chi connectivity index (χ2v) is 7.58. The third-order valence-corrected chi connectivity index (χ3v) is 4.96. The van der Waals surface area contributed by atoms with E-state index in [4.69, 9.17) is 33.7 Å². The van der Waals surface area contributed by atoms with Gasteiger partial charge in [-0.2, -0.15) is 0 Å². The molecule has 0 saturated heterocycles. The number of non-ortho nitro benzene ring substituents is 1. The first kappa shape index (κ1) is 23.2. The van der Waals surface area contributed by atoms with Gasteiger partial charge in [-0.15, -0.1) is 0 Å². The molecule has 3 N–H and O–H groups in total. The van der Waals surface area contributed by atoms with Gasteiger partial charge in [0.1, 0.15) is 11.8 Å². The number of anilines is 1. The fraction of sp³-hybridized carbons (Fsp3) is 0.0909. The average molecular weight is 474 g/mol. The molecule has 0 bridgehead atoms. The molecule has 0 fully saturated rings. The van der Waals surface area contributed by atoms with Gasteiger partial charge in [-0.1, -0.05) is 53.5 Å². The second kappa shape index (κ2) is 10.2. The van der Waals surface area contributed by atoms with E-state index in [9.17, 15) is 19.7 Å². The third kappa shape index (κ3) is 5.82. The van der Waals surface area contributed by atoms with Crippen molar-refractivity contribution in [1.29, 1.82) is 0 Å². The lowest BCUT2D eigenvalue weighted by molar-refractivity contribution is -0.384. The van der Waals surface area contributed by atoms with Crippen LogP contribution in [0.3, 0.4) is 0 Å². The number of hydrogen-bond acceptors (Lipinski definition) is 6. The SMILES string of the molecule is N[C@@H](Cc1ccccc1)C(=O)Oc1ccc(Cl)cc1C(=O)Nc1ccc([N+](=O)[O-])cc1Cl. The van der Waals surface area contributed by atoms with Crippen molar-refractivity contribution in [3.63, 3.8) is 0 Å². The van der Waals surface area contributed by atoms with Crippen molar-refractivity contribution in [1.82, 2.24) is 0 Å². The highest BCUT2D eigenvalue weighted by molar-refractivity contribution is 6.34. The van der Waals surface area contributed by atoms with Crippen molar-refractivity contribution in [3.8, 4) is 5.75 Å². The molecule has 0 aliphatic heterocycles. The van der Waals surface area contributed by atoms with Gasteiger partial charge in [0.05, 0.1) is 21.2 Å². The van der Waals surface area contributed by atoms with Crippen LogP contribution in [0.1, 0.15) is 15.9 Å². The quantitative estimate of drug-likeness (QED) is 0.223. The Hall–Kier alpha value is -3.46. The number of hydrogen-bond donors (Lipinski definition) is 2. The Labute approximate surface area is 193 Å².